The number of aliphatic carboxylic acids is 1. The monoisotopic (exact) mass is 303 g/mol. The number of nitrogens with zero attached hydrogens (tertiary/aromatic N) is 3. The van der Waals surface area contributed by atoms with Crippen molar-refractivity contribution in [1.29, 1.82) is 0 Å². The van der Waals surface area contributed by atoms with Gasteiger partial charge in [0.25, 0.3) is 0 Å². The van der Waals surface area contributed by atoms with Crippen LogP contribution in [0.25, 0.3) is 0 Å². The maximum atomic E-state index is 11.3. The van der Waals surface area contributed by atoms with Crippen molar-refractivity contribution >= 4 is 11.9 Å². The van der Waals surface area contributed by atoms with Crippen molar-refractivity contribution in [3.8, 4) is 0 Å². The molecule has 7 nitrogen and oxygen atoms in total. The number of benzene rings is 1. The third kappa shape index (κ3) is 3.30. The SMILES string of the molecule is CCC(C(=O)O)n1nnc(C(=O)O)c1CCc1ccccc1. The van der Waals surface area contributed by atoms with E-state index in [1.165, 1.54) is 4.68 Å². The molecule has 0 saturated carbocycles. The maximum absolute atomic E-state index is 11.3. The molecule has 0 spiro atoms. The van der Waals surface area contributed by atoms with E-state index in [-0.39, 0.29) is 5.69 Å². The summed E-state index contributed by atoms with van der Waals surface area (Å²) < 4.78 is 1.22. The van der Waals surface area contributed by atoms with Crippen molar-refractivity contribution in [1.82, 2.24) is 15.0 Å². The van der Waals surface area contributed by atoms with Crippen LogP contribution in [0.15, 0.2) is 30.3 Å². The Morgan fingerprint density at radius 2 is 1.86 bits per heavy atom. The van der Waals surface area contributed by atoms with Crippen molar-refractivity contribution in [2.75, 3.05) is 0 Å². The van der Waals surface area contributed by atoms with Crippen LogP contribution in [-0.4, -0.2) is 37.1 Å². The van der Waals surface area contributed by atoms with Crippen LogP contribution in [0.2, 0.25) is 0 Å². The van der Waals surface area contributed by atoms with Gasteiger partial charge in [-0.2, -0.15) is 0 Å². The second-order valence-electron chi connectivity index (χ2n) is 4.88. The van der Waals surface area contributed by atoms with Crippen molar-refractivity contribution in [2.45, 2.75) is 32.2 Å². The van der Waals surface area contributed by atoms with Gasteiger partial charge in [0.1, 0.15) is 0 Å². The van der Waals surface area contributed by atoms with E-state index in [9.17, 15) is 19.8 Å². The number of carboxylic acids is 2. The molecule has 0 aliphatic rings. The molecule has 1 unspecified atom stereocenters. The summed E-state index contributed by atoms with van der Waals surface area (Å²) in [6.45, 7) is 1.71. The average molecular weight is 303 g/mol. The summed E-state index contributed by atoms with van der Waals surface area (Å²) in [6.07, 6.45) is 1.25. The molecule has 22 heavy (non-hydrogen) atoms. The van der Waals surface area contributed by atoms with Gasteiger partial charge >= 0.3 is 11.9 Å². The molecule has 0 amide bonds. The molecule has 0 aliphatic heterocycles. The summed E-state index contributed by atoms with van der Waals surface area (Å²) in [6, 6.07) is 8.65. The van der Waals surface area contributed by atoms with Crippen LogP contribution in [-0.2, 0) is 17.6 Å². The summed E-state index contributed by atoms with van der Waals surface area (Å²) in [5, 5.41) is 25.8. The number of hydrogen-bond donors (Lipinski definition) is 2. The first-order valence-electron chi connectivity index (χ1n) is 6.98. The van der Waals surface area contributed by atoms with Crippen LogP contribution < -0.4 is 0 Å². The lowest BCUT2D eigenvalue weighted by Crippen LogP contribution is -2.22. The minimum absolute atomic E-state index is 0.185. The average Bonchev–Trinajstić information content (AvgIpc) is 2.90. The van der Waals surface area contributed by atoms with Gasteiger partial charge in [0.05, 0.1) is 5.69 Å². The minimum atomic E-state index is -1.20. The fraction of sp³-hybridized carbons (Fsp3) is 0.333. The second kappa shape index (κ2) is 6.84. The van der Waals surface area contributed by atoms with Gasteiger partial charge in [-0.3, -0.25) is 0 Å². The first-order valence-corrected chi connectivity index (χ1v) is 6.98. The zero-order valence-electron chi connectivity index (χ0n) is 12.1. The lowest BCUT2D eigenvalue weighted by atomic mass is 10.1. The first-order chi connectivity index (χ1) is 10.5. The highest BCUT2D eigenvalue weighted by atomic mass is 16.4. The lowest BCUT2D eigenvalue weighted by molar-refractivity contribution is -0.141. The molecule has 7 heteroatoms. The van der Waals surface area contributed by atoms with Crippen molar-refractivity contribution in [3.05, 3.63) is 47.3 Å². The first kappa shape index (κ1) is 15.7. The van der Waals surface area contributed by atoms with Gasteiger partial charge < -0.3 is 10.2 Å². The number of carboxylic acid groups (broad SMARTS) is 2. The standard InChI is InChI=1S/C15H17N3O4/c1-2-11(14(19)20)18-12(13(15(21)22)16-17-18)9-8-10-6-4-3-5-7-10/h3-7,11H,2,8-9H2,1H3,(H,19,20)(H,21,22). The largest absolute Gasteiger partial charge is 0.480 e. The smallest absolute Gasteiger partial charge is 0.358 e. The number of aromatic nitrogens is 3. The predicted molar refractivity (Wildman–Crippen MR) is 77.8 cm³/mol. The Bertz CT molecular complexity index is 667. The van der Waals surface area contributed by atoms with Gasteiger partial charge in [-0.25, -0.2) is 14.3 Å². The van der Waals surface area contributed by atoms with E-state index in [0.29, 0.717) is 25.0 Å². The van der Waals surface area contributed by atoms with Crippen LogP contribution in [0.3, 0.4) is 0 Å². The lowest BCUT2D eigenvalue weighted by Gasteiger charge is -2.13. The van der Waals surface area contributed by atoms with E-state index in [0.717, 1.165) is 5.56 Å². The Morgan fingerprint density at radius 3 is 2.41 bits per heavy atom. The van der Waals surface area contributed by atoms with Crippen LogP contribution in [0.1, 0.15) is 41.1 Å². The number of carbonyl (C=O) groups is 2. The highest BCUT2D eigenvalue weighted by Gasteiger charge is 2.26. The highest BCUT2D eigenvalue weighted by molar-refractivity contribution is 5.86. The molecule has 2 N–H and O–H groups in total. The zero-order chi connectivity index (χ0) is 16.1. The molecule has 0 fully saturated rings. The number of aromatic carboxylic acids is 1. The fourth-order valence-corrected chi connectivity index (χ4v) is 2.32. The van der Waals surface area contributed by atoms with Crippen LogP contribution >= 0.6 is 0 Å². The van der Waals surface area contributed by atoms with E-state index in [4.69, 9.17) is 0 Å². The molecule has 1 aromatic heterocycles. The quantitative estimate of drug-likeness (QED) is 0.808. The summed E-state index contributed by atoms with van der Waals surface area (Å²) in [7, 11) is 0. The summed E-state index contributed by atoms with van der Waals surface area (Å²) in [4.78, 5) is 22.6. The fourth-order valence-electron chi connectivity index (χ4n) is 2.32. The van der Waals surface area contributed by atoms with Gasteiger partial charge in [-0.05, 0) is 24.8 Å². The number of aryl methyl sites for hydroxylation is 1. The van der Waals surface area contributed by atoms with Crippen molar-refractivity contribution < 1.29 is 19.8 Å². The molecule has 1 atom stereocenters. The third-order valence-electron chi connectivity index (χ3n) is 3.45. The molecule has 1 aromatic carbocycles. The van der Waals surface area contributed by atoms with Gasteiger partial charge in [0, 0.05) is 0 Å². The topological polar surface area (TPSA) is 105 Å². The highest BCUT2D eigenvalue weighted by Crippen LogP contribution is 2.18. The van der Waals surface area contributed by atoms with Crippen LogP contribution in [0, 0.1) is 0 Å². The summed E-state index contributed by atoms with van der Waals surface area (Å²) in [5.41, 5.74) is 1.19. The van der Waals surface area contributed by atoms with Crippen molar-refractivity contribution in [2.24, 2.45) is 0 Å². The molecule has 2 aromatic rings. The van der Waals surface area contributed by atoms with Gasteiger partial charge in [0.2, 0.25) is 0 Å². The molecule has 0 radical (unpaired) electrons. The zero-order valence-corrected chi connectivity index (χ0v) is 12.1. The van der Waals surface area contributed by atoms with E-state index >= 15 is 0 Å². The molecular formula is C15H17N3O4. The Labute approximate surface area is 127 Å². The van der Waals surface area contributed by atoms with Gasteiger partial charge in [0.15, 0.2) is 11.7 Å². The molecular weight excluding hydrogens is 286 g/mol. The number of rotatable bonds is 7. The van der Waals surface area contributed by atoms with Crippen LogP contribution in [0.4, 0.5) is 0 Å². The van der Waals surface area contributed by atoms with E-state index < -0.39 is 18.0 Å². The van der Waals surface area contributed by atoms with Gasteiger partial charge in [-0.1, -0.05) is 42.5 Å². The second-order valence-corrected chi connectivity index (χ2v) is 4.88. The van der Waals surface area contributed by atoms with E-state index in [1.807, 2.05) is 30.3 Å². The van der Waals surface area contributed by atoms with Gasteiger partial charge in [-0.15, -0.1) is 5.10 Å². The summed E-state index contributed by atoms with van der Waals surface area (Å²) in [5.74, 6) is -2.25. The van der Waals surface area contributed by atoms with E-state index in [2.05, 4.69) is 10.3 Å². The molecule has 2 rings (SSSR count). The number of hydrogen-bond acceptors (Lipinski definition) is 4. The molecule has 0 bridgehead atoms. The third-order valence-corrected chi connectivity index (χ3v) is 3.45. The minimum Gasteiger partial charge on any atom is -0.480 e. The molecule has 1 heterocycles. The Hall–Kier alpha value is -2.70. The Kier molecular flexibility index (Phi) is 4.88. The van der Waals surface area contributed by atoms with Crippen LogP contribution in [0.5, 0.6) is 0 Å². The predicted octanol–water partition coefficient (Wildman–Crippen LogP) is 1.80. The molecule has 0 saturated heterocycles. The Morgan fingerprint density at radius 1 is 1.18 bits per heavy atom. The van der Waals surface area contributed by atoms with E-state index in [1.54, 1.807) is 6.92 Å². The molecule has 116 valence electrons. The maximum Gasteiger partial charge on any atom is 0.358 e. The Balaban J connectivity index is 2.32. The van der Waals surface area contributed by atoms with Crippen molar-refractivity contribution in [3.63, 3.8) is 0 Å². The normalized spacial score (nSPS) is 12.0. The summed E-state index contributed by atoms with van der Waals surface area (Å²) >= 11 is 0. The molecule has 0 aliphatic carbocycles.